The highest BCUT2D eigenvalue weighted by molar-refractivity contribution is 6.04. The summed E-state index contributed by atoms with van der Waals surface area (Å²) in [6.45, 7) is 0.943. The second-order valence-corrected chi connectivity index (χ2v) is 6.27. The van der Waals surface area contributed by atoms with Gasteiger partial charge in [0.15, 0.2) is 11.5 Å². The summed E-state index contributed by atoms with van der Waals surface area (Å²) in [5, 5.41) is 2.85. The maximum atomic E-state index is 12.4. The summed E-state index contributed by atoms with van der Waals surface area (Å²) < 4.78 is 10.6. The fourth-order valence-electron chi connectivity index (χ4n) is 2.87. The topological polar surface area (TPSA) is 63.7 Å². The fraction of sp³-hybridized carbons (Fsp3) is 0.143. The molecule has 3 aromatic rings. The molecule has 136 valence electrons. The van der Waals surface area contributed by atoms with Crippen molar-refractivity contribution in [3.05, 3.63) is 78.0 Å². The standard InChI is InChI=1S/C21H19N3O3/c1-24(13-15-5-3-2-4-6-15)20-10-8-17(12-22-20)23-21(25)16-7-9-18-19(11-16)27-14-26-18/h2-12H,13-14H2,1H3,(H,23,25). The lowest BCUT2D eigenvalue weighted by Crippen LogP contribution is -2.18. The second kappa shape index (κ2) is 7.37. The van der Waals surface area contributed by atoms with Gasteiger partial charge in [0.1, 0.15) is 5.82 Å². The molecule has 0 saturated heterocycles. The van der Waals surface area contributed by atoms with E-state index in [0.29, 0.717) is 22.7 Å². The SMILES string of the molecule is CN(Cc1ccccc1)c1ccc(NC(=O)c2ccc3c(c2)OCO3)cn1. The van der Waals surface area contributed by atoms with Crippen LogP contribution in [0.3, 0.4) is 0 Å². The summed E-state index contributed by atoms with van der Waals surface area (Å²) in [4.78, 5) is 18.9. The normalized spacial score (nSPS) is 11.9. The second-order valence-electron chi connectivity index (χ2n) is 6.27. The third-order valence-corrected chi connectivity index (χ3v) is 4.29. The van der Waals surface area contributed by atoms with Gasteiger partial charge in [-0.2, -0.15) is 0 Å². The van der Waals surface area contributed by atoms with Crippen molar-refractivity contribution in [1.82, 2.24) is 4.98 Å². The summed E-state index contributed by atoms with van der Waals surface area (Å²) >= 11 is 0. The Hall–Kier alpha value is -3.54. The predicted octanol–water partition coefficient (Wildman–Crippen LogP) is 3.70. The van der Waals surface area contributed by atoms with Crippen molar-refractivity contribution in [2.75, 3.05) is 24.1 Å². The highest BCUT2D eigenvalue weighted by atomic mass is 16.7. The Labute approximate surface area is 157 Å². The quantitative estimate of drug-likeness (QED) is 0.751. The number of benzene rings is 2. The van der Waals surface area contributed by atoms with Gasteiger partial charge >= 0.3 is 0 Å². The molecule has 0 aliphatic carbocycles. The number of ether oxygens (including phenoxy) is 2. The van der Waals surface area contributed by atoms with Crippen LogP contribution in [0.5, 0.6) is 11.5 Å². The van der Waals surface area contributed by atoms with Gasteiger partial charge in [-0.15, -0.1) is 0 Å². The molecule has 0 saturated carbocycles. The van der Waals surface area contributed by atoms with Gasteiger partial charge in [0, 0.05) is 19.2 Å². The number of carbonyl (C=O) groups excluding carboxylic acids is 1. The lowest BCUT2D eigenvalue weighted by Gasteiger charge is -2.18. The van der Waals surface area contributed by atoms with Crippen LogP contribution in [0.25, 0.3) is 0 Å². The van der Waals surface area contributed by atoms with Crippen LogP contribution in [0.1, 0.15) is 15.9 Å². The van der Waals surface area contributed by atoms with E-state index < -0.39 is 0 Å². The van der Waals surface area contributed by atoms with Crippen LogP contribution >= 0.6 is 0 Å². The minimum atomic E-state index is -0.222. The van der Waals surface area contributed by atoms with E-state index in [1.165, 1.54) is 5.56 Å². The van der Waals surface area contributed by atoms with Gasteiger partial charge in [-0.1, -0.05) is 30.3 Å². The van der Waals surface area contributed by atoms with Crippen molar-refractivity contribution in [3.63, 3.8) is 0 Å². The Morgan fingerprint density at radius 2 is 1.89 bits per heavy atom. The molecule has 27 heavy (non-hydrogen) atoms. The first-order chi connectivity index (χ1) is 13.2. The summed E-state index contributed by atoms with van der Waals surface area (Å²) in [7, 11) is 1.99. The molecule has 0 unspecified atom stereocenters. The molecule has 0 atom stereocenters. The Kier molecular flexibility index (Phi) is 4.61. The van der Waals surface area contributed by atoms with Gasteiger partial charge in [0.25, 0.3) is 5.91 Å². The zero-order valence-corrected chi connectivity index (χ0v) is 14.9. The van der Waals surface area contributed by atoms with Crippen LogP contribution in [0.15, 0.2) is 66.9 Å². The van der Waals surface area contributed by atoms with Gasteiger partial charge in [0.2, 0.25) is 6.79 Å². The number of amides is 1. The van der Waals surface area contributed by atoms with E-state index in [0.717, 1.165) is 12.4 Å². The maximum Gasteiger partial charge on any atom is 0.255 e. The van der Waals surface area contributed by atoms with Crippen molar-refractivity contribution in [1.29, 1.82) is 0 Å². The first-order valence-electron chi connectivity index (χ1n) is 8.61. The van der Waals surface area contributed by atoms with E-state index in [1.54, 1.807) is 24.4 Å². The van der Waals surface area contributed by atoms with Gasteiger partial charge in [0.05, 0.1) is 11.9 Å². The van der Waals surface area contributed by atoms with Crippen molar-refractivity contribution in [3.8, 4) is 11.5 Å². The molecular formula is C21H19N3O3. The van der Waals surface area contributed by atoms with E-state index >= 15 is 0 Å². The van der Waals surface area contributed by atoms with Crippen molar-refractivity contribution in [2.24, 2.45) is 0 Å². The number of hydrogen-bond acceptors (Lipinski definition) is 5. The number of pyridine rings is 1. The number of nitrogens with zero attached hydrogens (tertiary/aromatic N) is 2. The molecule has 1 N–H and O–H groups in total. The minimum absolute atomic E-state index is 0.183. The molecule has 0 radical (unpaired) electrons. The van der Waals surface area contributed by atoms with Crippen LogP contribution in [-0.2, 0) is 6.54 Å². The fourth-order valence-corrected chi connectivity index (χ4v) is 2.87. The average Bonchev–Trinajstić information content (AvgIpc) is 3.17. The van der Waals surface area contributed by atoms with Gasteiger partial charge in [-0.3, -0.25) is 4.79 Å². The first kappa shape index (κ1) is 16.9. The molecule has 1 aliphatic rings. The molecular weight excluding hydrogens is 342 g/mol. The van der Waals surface area contributed by atoms with Crippen LogP contribution in [0.4, 0.5) is 11.5 Å². The highest BCUT2D eigenvalue weighted by Crippen LogP contribution is 2.32. The lowest BCUT2D eigenvalue weighted by atomic mass is 10.2. The minimum Gasteiger partial charge on any atom is -0.454 e. The summed E-state index contributed by atoms with van der Waals surface area (Å²) in [6, 6.07) is 19.0. The zero-order chi connectivity index (χ0) is 18.6. The van der Waals surface area contributed by atoms with E-state index in [2.05, 4.69) is 27.3 Å². The molecule has 1 aromatic heterocycles. The third-order valence-electron chi connectivity index (χ3n) is 4.29. The predicted molar refractivity (Wildman–Crippen MR) is 103 cm³/mol. The Morgan fingerprint density at radius 3 is 2.67 bits per heavy atom. The van der Waals surface area contributed by atoms with E-state index in [4.69, 9.17) is 9.47 Å². The number of fused-ring (bicyclic) bond motifs is 1. The monoisotopic (exact) mass is 361 g/mol. The molecule has 0 fully saturated rings. The van der Waals surface area contributed by atoms with Gasteiger partial charge < -0.3 is 19.7 Å². The molecule has 6 nitrogen and oxygen atoms in total. The summed E-state index contributed by atoms with van der Waals surface area (Å²) in [5.41, 5.74) is 2.35. The molecule has 2 heterocycles. The van der Waals surface area contributed by atoms with Gasteiger partial charge in [-0.25, -0.2) is 4.98 Å². The van der Waals surface area contributed by atoms with Crippen molar-refractivity contribution < 1.29 is 14.3 Å². The van der Waals surface area contributed by atoms with Crippen LogP contribution in [0.2, 0.25) is 0 Å². The number of anilines is 2. The first-order valence-corrected chi connectivity index (χ1v) is 8.61. The molecule has 6 heteroatoms. The summed E-state index contributed by atoms with van der Waals surface area (Å²) in [6.07, 6.45) is 1.65. The van der Waals surface area contributed by atoms with Crippen LogP contribution in [-0.4, -0.2) is 24.7 Å². The average molecular weight is 361 g/mol. The maximum absolute atomic E-state index is 12.4. The molecule has 0 spiro atoms. The lowest BCUT2D eigenvalue weighted by molar-refractivity contribution is 0.102. The van der Waals surface area contributed by atoms with Gasteiger partial charge in [-0.05, 0) is 35.9 Å². The number of rotatable bonds is 5. The third kappa shape index (κ3) is 3.84. The van der Waals surface area contributed by atoms with Crippen LogP contribution < -0.4 is 19.7 Å². The highest BCUT2D eigenvalue weighted by Gasteiger charge is 2.16. The largest absolute Gasteiger partial charge is 0.454 e. The van der Waals surface area contributed by atoms with E-state index in [9.17, 15) is 4.79 Å². The van der Waals surface area contributed by atoms with Crippen LogP contribution in [0, 0.1) is 0 Å². The zero-order valence-electron chi connectivity index (χ0n) is 14.9. The van der Waals surface area contributed by atoms with Crippen molar-refractivity contribution >= 4 is 17.4 Å². The number of carbonyl (C=O) groups is 1. The molecule has 1 amide bonds. The van der Waals surface area contributed by atoms with E-state index in [-0.39, 0.29) is 12.7 Å². The van der Waals surface area contributed by atoms with Crippen molar-refractivity contribution in [2.45, 2.75) is 6.54 Å². The number of hydrogen-bond donors (Lipinski definition) is 1. The smallest absolute Gasteiger partial charge is 0.255 e. The Bertz CT molecular complexity index is 943. The Balaban J connectivity index is 1.41. The van der Waals surface area contributed by atoms with E-state index in [1.807, 2.05) is 37.4 Å². The molecule has 1 aliphatic heterocycles. The molecule has 4 rings (SSSR count). The number of aromatic nitrogens is 1. The summed E-state index contributed by atoms with van der Waals surface area (Å²) in [5.74, 6) is 1.85. The Morgan fingerprint density at radius 1 is 1.07 bits per heavy atom. The number of nitrogens with one attached hydrogen (secondary N) is 1. The molecule has 0 bridgehead atoms. The molecule has 2 aromatic carbocycles.